The van der Waals surface area contributed by atoms with Crippen molar-refractivity contribution in [3.05, 3.63) is 52.9 Å². The highest BCUT2D eigenvalue weighted by molar-refractivity contribution is 6.29. The van der Waals surface area contributed by atoms with Crippen molar-refractivity contribution in [2.45, 2.75) is 30.4 Å². The van der Waals surface area contributed by atoms with Crippen molar-refractivity contribution in [1.29, 1.82) is 0 Å². The number of rotatable bonds is 4. The number of hydrogen-bond donors (Lipinski definition) is 2. The standard InChI is InChI=1S/C21H17ClF5N5O2/c1-18(21(25,26)27)8-31(12-7-29-14-6-13(22)30-32(14)16(12)18)11-4-2-10(3-5-11)15-19(9-33,17(28)34)20(15,23)24/h2-7,15,33H,8-9H2,1H3,(H2,28,34)/t15?,18-,19?/m1/s1. The van der Waals surface area contributed by atoms with Gasteiger partial charge in [0.25, 0.3) is 5.92 Å². The summed E-state index contributed by atoms with van der Waals surface area (Å²) in [6.07, 6.45) is -3.37. The van der Waals surface area contributed by atoms with Crippen molar-refractivity contribution in [3.8, 4) is 0 Å². The van der Waals surface area contributed by atoms with E-state index >= 15 is 0 Å². The molecule has 2 aromatic heterocycles. The summed E-state index contributed by atoms with van der Waals surface area (Å²) >= 11 is 5.90. The molecule has 5 rings (SSSR count). The summed E-state index contributed by atoms with van der Waals surface area (Å²) in [5, 5.41) is 13.4. The number of alkyl halides is 5. The SMILES string of the molecule is C[C@@]1(C(F)(F)F)CN(c2ccc(C3C(F)(F)C3(CO)C(N)=O)cc2)c2cnc3cc(Cl)nn3c21. The molecule has 0 saturated heterocycles. The van der Waals surface area contributed by atoms with Gasteiger partial charge in [-0.25, -0.2) is 18.3 Å². The van der Waals surface area contributed by atoms with Crippen molar-refractivity contribution in [2.24, 2.45) is 11.1 Å². The predicted octanol–water partition coefficient (Wildman–Crippen LogP) is 3.55. The van der Waals surface area contributed by atoms with Gasteiger partial charge in [-0.15, -0.1) is 0 Å². The monoisotopic (exact) mass is 501 g/mol. The van der Waals surface area contributed by atoms with Crippen molar-refractivity contribution >= 4 is 34.5 Å². The molecule has 1 fully saturated rings. The Kier molecular flexibility index (Phi) is 4.55. The molecule has 1 aliphatic heterocycles. The molecule has 3 aromatic rings. The zero-order valence-electron chi connectivity index (χ0n) is 17.4. The molecule has 0 spiro atoms. The van der Waals surface area contributed by atoms with Gasteiger partial charge in [-0.3, -0.25) is 4.79 Å². The normalized spacial score (nSPS) is 27.8. The lowest BCUT2D eigenvalue weighted by Gasteiger charge is -2.28. The number of halogens is 6. The number of carbonyl (C=O) groups is 1. The van der Waals surface area contributed by atoms with Gasteiger partial charge in [0.1, 0.15) is 10.8 Å². The van der Waals surface area contributed by atoms with Crippen LogP contribution in [0.15, 0.2) is 36.5 Å². The van der Waals surface area contributed by atoms with Crippen molar-refractivity contribution < 1.29 is 31.9 Å². The minimum Gasteiger partial charge on any atom is -0.395 e. The van der Waals surface area contributed by atoms with Crippen LogP contribution >= 0.6 is 11.6 Å². The Labute approximate surface area is 193 Å². The van der Waals surface area contributed by atoms with E-state index in [2.05, 4.69) is 10.1 Å². The Balaban J connectivity index is 1.58. The Morgan fingerprint density at radius 1 is 1.29 bits per heavy atom. The Morgan fingerprint density at radius 3 is 2.47 bits per heavy atom. The Hall–Kier alpha value is -2.99. The zero-order chi connectivity index (χ0) is 24.8. The number of nitrogens with two attached hydrogens (primary N) is 1. The Morgan fingerprint density at radius 2 is 1.94 bits per heavy atom. The average Bonchev–Trinajstić information content (AvgIpc) is 3.00. The Bertz CT molecular complexity index is 1330. The summed E-state index contributed by atoms with van der Waals surface area (Å²) in [7, 11) is 0. The number of aliphatic hydroxyl groups excluding tert-OH is 1. The molecule has 34 heavy (non-hydrogen) atoms. The highest BCUT2D eigenvalue weighted by Crippen LogP contribution is 2.71. The molecule has 180 valence electrons. The maximum absolute atomic E-state index is 14.4. The first kappa shape index (κ1) is 22.8. The number of aromatic nitrogens is 3. The molecule has 1 saturated carbocycles. The van der Waals surface area contributed by atoms with E-state index in [1.807, 2.05) is 0 Å². The summed E-state index contributed by atoms with van der Waals surface area (Å²) in [5.74, 6) is -6.49. The molecule has 3 N–H and O–H groups in total. The number of primary amides is 1. The van der Waals surface area contributed by atoms with Crippen molar-refractivity contribution in [2.75, 3.05) is 18.1 Å². The second kappa shape index (κ2) is 6.79. The van der Waals surface area contributed by atoms with Gasteiger partial charge in [-0.2, -0.15) is 18.3 Å². The zero-order valence-corrected chi connectivity index (χ0v) is 18.2. The first-order valence-electron chi connectivity index (χ1n) is 10.1. The van der Waals surface area contributed by atoms with Crippen LogP contribution in [0.1, 0.15) is 24.1 Å². The number of aliphatic hydroxyl groups is 1. The maximum atomic E-state index is 14.4. The van der Waals surface area contributed by atoms with Crippen LogP contribution in [0.5, 0.6) is 0 Å². The van der Waals surface area contributed by atoms with Gasteiger partial charge in [-0.05, 0) is 24.6 Å². The number of fused-ring (bicyclic) bond motifs is 3. The second-order valence-corrected chi connectivity index (χ2v) is 9.17. The molecule has 3 heterocycles. The highest BCUT2D eigenvalue weighted by atomic mass is 35.5. The summed E-state index contributed by atoms with van der Waals surface area (Å²) in [4.78, 5) is 17.2. The van der Waals surface area contributed by atoms with Crippen molar-refractivity contribution in [1.82, 2.24) is 14.6 Å². The fourth-order valence-electron chi connectivity index (χ4n) is 4.92. The molecular formula is C21H17ClF5N5O2. The summed E-state index contributed by atoms with van der Waals surface area (Å²) in [6.45, 7) is -0.591. The number of nitrogens with zero attached hydrogens (tertiary/aromatic N) is 4. The van der Waals surface area contributed by atoms with E-state index in [0.29, 0.717) is 0 Å². The van der Waals surface area contributed by atoms with Crippen LogP contribution in [-0.2, 0) is 10.2 Å². The number of hydrogen-bond acceptors (Lipinski definition) is 5. The van der Waals surface area contributed by atoms with Gasteiger partial charge in [0.15, 0.2) is 10.8 Å². The van der Waals surface area contributed by atoms with E-state index in [9.17, 15) is 31.9 Å². The fourth-order valence-corrected chi connectivity index (χ4v) is 5.09. The van der Waals surface area contributed by atoms with E-state index in [4.69, 9.17) is 17.3 Å². The van der Waals surface area contributed by atoms with Crippen molar-refractivity contribution in [3.63, 3.8) is 0 Å². The quantitative estimate of drug-likeness (QED) is 0.533. The molecule has 0 bridgehead atoms. The fraction of sp³-hybridized carbons (Fsp3) is 0.381. The van der Waals surface area contributed by atoms with E-state index in [0.717, 1.165) is 11.4 Å². The third-order valence-corrected chi connectivity index (χ3v) is 7.13. The number of benzene rings is 1. The van der Waals surface area contributed by atoms with Crippen LogP contribution in [0.3, 0.4) is 0 Å². The lowest BCUT2D eigenvalue weighted by Crippen LogP contribution is -2.43. The van der Waals surface area contributed by atoms with Gasteiger partial charge < -0.3 is 15.7 Å². The highest BCUT2D eigenvalue weighted by Gasteiger charge is 2.84. The van der Waals surface area contributed by atoms with Gasteiger partial charge in [-0.1, -0.05) is 23.7 Å². The van der Waals surface area contributed by atoms with Crippen LogP contribution in [-0.4, -0.2) is 50.9 Å². The molecule has 2 unspecified atom stereocenters. The second-order valence-electron chi connectivity index (χ2n) is 8.79. The molecule has 1 amide bonds. The molecule has 1 aliphatic carbocycles. The lowest BCUT2D eigenvalue weighted by atomic mass is 9.87. The summed E-state index contributed by atoms with van der Waals surface area (Å²) < 4.78 is 72.6. The van der Waals surface area contributed by atoms with Crippen LogP contribution < -0.4 is 10.6 Å². The predicted molar refractivity (Wildman–Crippen MR) is 111 cm³/mol. The molecule has 0 radical (unpaired) electrons. The van der Waals surface area contributed by atoms with E-state index in [-0.39, 0.29) is 33.4 Å². The van der Waals surface area contributed by atoms with Gasteiger partial charge in [0, 0.05) is 18.3 Å². The van der Waals surface area contributed by atoms with Crippen LogP contribution in [0.2, 0.25) is 5.15 Å². The third kappa shape index (κ3) is 2.69. The average molecular weight is 502 g/mol. The largest absolute Gasteiger partial charge is 0.401 e. The van der Waals surface area contributed by atoms with Crippen LogP contribution in [0.25, 0.3) is 5.65 Å². The minimum absolute atomic E-state index is 0.0135. The smallest absolute Gasteiger partial charge is 0.395 e. The molecule has 13 heteroatoms. The minimum atomic E-state index is -4.65. The van der Waals surface area contributed by atoms with Gasteiger partial charge in [0.05, 0.1) is 30.1 Å². The summed E-state index contributed by atoms with van der Waals surface area (Å²) in [6, 6.07) is 6.66. The third-order valence-electron chi connectivity index (χ3n) is 6.94. The number of amides is 1. The molecular weight excluding hydrogens is 485 g/mol. The first-order valence-corrected chi connectivity index (χ1v) is 10.4. The van der Waals surface area contributed by atoms with E-state index in [1.54, 1.807) is 0 Å². The van der Waals surface area contributed by atoms with Gasteiger partial charge >= 0.3 is 6.18 Å². The van der Waals surface area contributed by atoms with Gasteiger partial charge in [0.2, 0.25) is 5.91 Å². The van der Waals surface area contributed by atoms with Crippen LogP contribution in [0, 0.1) is 5.41 Å². The first-order chi connectivity index (χ1) is 15.8. The molecule has 3 atom stereocenters. The molecule has 1 aromatic carbocycles. The topological polar surface area (TPSA) is 96.8 Å². The van der Waals surface area contributed by atoms with Crippen LogP contribution in [0.4, 0.5) is 33.3 Å². The molecule has 2 aliphatic rings. The number of carbonyl (C=O) groups excluding carboxylic acids is 1. The molecule has 7 nitrogen and oxygen atoms in total. The van der Waals surface area contributed by atoms with E-state index < -0.39 is 47.9 Å². The maximum Gasteiger partial charge on any atom is 0.401 e. The number of anilines is 2. The van der Waals surface area contributed by atoms with E-state index in [1.165, 1.54) is 41.4 Å². The lowest BCUT2D eigenvalue weighted by molar-refractivity contribution is -0.181. The summed E-state index contributed by atoms with van der Waals surface area (Å²) in [5.41, 5.74) is 0.851.